The van der Waals surface area contributed by atoms with Gasteiger partial charge in [-0.25, -0.2) is 0 Å². The van der Waals surface area contributed by atoms with Gasteiger partial charge in [-0.15, -0.1) is 0 Å². The van der Waals surface area contributed by atoms with Crippen molar-refractivity contribution in [1.82, 2.24) is 0 Å². The van der Waals surface area contributed by atoms with Gasteiger partial charge < -0.3 is 14.6 Å². The van der Waals surface area contributed by atoms with Crippen LogP contribution < -0.4 is 0 Å². The van der Waals surface area contributed by atoms with Gasteiger partial charge in [0.05, 0.1) is 12.0 Å². The van der Waals surface area contributed by atoms with Crippen LogP contribution in [0.3, 0.4) is 0 Å². The van der Waals surface area contributed by atoms with Crippen LogP contribution >= 0.6 is 0 Å². The van der Waals surface area contributed by atoms with E-state index in [0.29, 0.717) is 0 Å². The van der Waals surface area contributed by atoms with Gasteiger partial charge in [-0.1, -0.05) is 0 Å². The van der Waals surface area contributed by atoms with Crippen LogP contribution in [0.4, 0.5) is 0 Å². The summed E-state index contributed by atoms with van der Waals surface area (Å²) >= 11 is 0. The minimum Gasteiger partial charge on any atom is -0.481 e. The normalized spacial score (nSPS) is 23.4. The average Bonchev–Trinajstić information content (AvgIpc) is 2.16. The summed E-state index contributed by atoms with van der Waals surface area (Å²) in [5.41, 5.74) is -0.833. The number of rotatable bonds is 4. The van der Waals surface area contributed by atoms with Gasteiger partial charge in [0.15, 0.2) is 6.29 Å². The van der Waals surface area contributed by atoms with Crippen molar-refractivity contribution in [3.05, 3.63) is 0 Å². The SMILES string of the molecule is CC(C)(COC1CCCCO1)C(=O)O. The molecule has 0 amide bonds. The second-order valence-electron chi connectivity index (χ2n) is 4.30. The van der Waals surface area contributed by atoms with E-state index in [4.69, 9.17) is 14.6 Å². The number of aliphatic carboxylic acids is 1. The van der Waals surface area contributed by atoms with Crippen LogP contribution in [-0.2, 0) is 14.3 Å². The highest BCUT2D eigenvalue weighted by Crippen LogP contribution is 2.20. The molecule has 0 aromatic heterocycles. The summed E-state index contributed by atoms with van der Waals surface area (Å²) in [4.78, 5) is 10.8. The lowest BCUT2D eigenvalue weighted by Gasteiger charge is -2.26. The lowest BCUT2D eigenvalue weighted by molar-refractivity contribution is -0.184. The molecule has 82 valence electrons. The monoisotopic (exact) mass is 202 g/mol. The molecule has 1 atom stereocenters. The number of carboxylic acid groups (broad SMARTS) is 1. The van der Waals surface area contributed by atoms with Crippen LogP contribution in [0, 0.1) is 5.41 Å². The molecule has 0 saturated carbocycles. The third-order valence-corrected chi connectivity index (χ3v) is 2.35. The summed E-state index contributed by atoms with van der Waals surface area (Å²) in [6.45, 7) is 4.22. The maximum Gasteiger partial charge on any atom is 0.311 e. The zero-order valence-corrected chi connectivity index (χ0v) is 8.78. The fourth-order valence-electron chi connectivity index (χ4n) is 1.21. The molecule has 1 aliphatic heterocycles. The number of hydrogen-bond donors (Lipinski definition) is 1. The number of ether oxygens (including phenoxy) is 2. The van der Waals surface area contributed by atoms with Crippen LogP contribution in [0.2, 0.25) is 0 Å². The van der Waals surface area contributed by atoms with Gasteiger partial charge in [0, 0.05) is 6.61 Å². The zero-order chi connectivity index (χ0) is 10.6. The lowest BCUT2D eigenvalue weighted by atomic mass is 9.95. The molecule has 0 radical (unpaired) electrons. The smallest absolute Gasteiger partial charge is 0.311 e. The zero-order valence-electron chi connectivity index (χ0n) is 8.78. The molecule has 1 saturated heterocycles. The highest BCUT2D eigenvalue weighted by Gasteiger charge is 2.29. The molecule has 1 unspecified atom stereocenters. The molecule has 1 heterocycles. The summed E-state index contributed by atoms with van der Waals surface area (Å²) in [6, 6.07) is 0. The molecule has 1 fully saturated rings. The molecule has 14 heavy (non-hydrogen) atoms. The van der Waals surface area contributed by atoms with Crippen LogP contribution in [0.25, 0.3) is 0 Å². The maximum absolute atomic E-state index is 10.8. The Morgan fingerprint density at radius 1 is 1.57 bits per heavy atom. The summed E-state index contributed by atoms with van der Waals surface area (Å²) in [5, 5.41) is 8.85. The Hall–Kier alpha value is -0.610. The van der Waals surface area contributed by atoms with Gasteiger partial charge in [0.2, 0.25) is 0 Å². The predicted molar refractivity (Wildman–Crippen MR) is 51.0 cm³/mol. The first-order valence-corrected chi connectivity index (χ1v) is 4.99. The number of hydrogen-bond acceptors (Lipinski definition) is 3. The Kier molecular flexibility index (Phi) is 3.89. The number of carboxylic acids is 1. The highest BCUT2D eigenvalue weighted by molar-refractivity contribution is 5.73. The average molecular weight is 202 g/mol. The van der Waals surface area contributed by atoms with E-state index in [2.05, 4.69) is 0 Å². The molecule has 0 aromatic rings. The standard InChI is InChI=1S/C10H18O4/c1-10(2,9(11)12)7-14-8-5-3-4-6-13-8/h8H,3-7H2,1-2H3,(H,11,12). The van der Waals surface area contributed by atoms with Crippen molar-refractivity contribution < 1.29 is 19.4 Å². The molecule has 4 nitrogen and oxygen atoms in total. The van der Waals surface area contributed by atoms with E-state index in [0.717, 1.165) is 25.9 Å². The fraction of sp³-hybridized carbons (Fsp3) is 0.900. The quantitative estimate of drug-likeness (QED) is 0.753. The Bertz CT molecular complexity index is 194. The predicted octanol–water partition coefficient (Wildman–Crippen LogP) is 1.64. The largest absolute Gasteiger partial charge is 0.481 e. The second kappa shape index (κ2) is 4.75. The van der Waals surface area contributed by atoms with Gasteiger partial charge >= 0.3 is 5.97 Å². The van der Waals surface area contributed by atoms with Crippen molar-refractivity contribution in [2.75, 3.05) is 13.2 Å². The van der Waals surface area contributed by atoms with Crippen LogP contribution in [0.5, 0.6) is 0 Å². The molecule has 1 rings (SSSR count). The summed E-state index contributed by atoms with van der Waals surface area (Å²) in [6.07, 6.45) is 2.83. The Labute approximate surface area is 84.2 Å². The molecule has 0 bridgehead atoms. The minimum atomic E-state index is -0.840. The first-order valence-electron chi connectivity index (χ1n) is 4.99. The third kappa shape index (κ3) is 3.27. The lowest BCUT2D eigenvalue weighted by Crippen LogP contribution is -2.33. The first-order chi connectivity index (χ1) is 6.52. The second-order valence-corrected chi connectivity index (χ2v) is 4.30. The van der Waals surface area contributed by atoms with E-state index >= 15 is 0 Å². The Morgan fingerprint density at radius 3 is 2.79 bits per heavy atom. The topological polar surface area (TPSA) is 55.8 Å². The molecule has 0 spiro atoms. The van der Waals surface area contributed by atoms with Gasteiger partial charge in [-0.2, -0.15) is 0 Å². The van der Waals surface area contributed by atoms with Crippen molar-refractivity contribution >= 4 is 5.97 Å². The van der Waals surface area contributed by atoms with E-state index in [1.165, 1.54) is 0 Å². The van der Waals surface area contributed by atoms with E-state index < -0.39 is 11.4 Å². The Morgan fingerprint density at radius 2 is 2.29 bits per heavy atom. The van der Waals surface area contributed by atoms with Gasteiger partial charge in [-0.3, -0.25) is 4.79 Å². The van der Waals surface area contributed by atoms with Crippen LogP contribution in [-0.4, -0.2) is 30.6 Å². The fourth-order valence-corrected chi connectivity index (χ4v) is 1.21. The third-order valence-electron chi connectivity index (χ3n) is 2.35. The molecular weight excluding hydrogens is 184 g/mol. The van der Waals surface area contributed by atoms with E-state index in [1.807, 2.05) is 0 Å². The molecule has 4 heteroatoms. The summed E-state index contributed by atoms with van der Waals surface area (Å²) in [7, 11) is 0. The molecular formula is C10H18O4. The van der Waals surface area contributed by atoms with Crippen molar-refractivity contribution in [2.24, 2.45) is 5.41 Å². The number of carbonyl (C=O) groups is 1. The first kappa shape index (κ1) is 11.5. The molecule has 1 N–H and O–H groups in total. The Balaban J connectivity index is 2.28. The van der Waals surface area contributed by atoms with Gasteiger partial charge in [-0.05, 0) is 33.1 Å². The van der Waals surface area contributed by atoms with Crippen molar-refractivity contribution in [1.29, 1.82) is 0 Å². The maximum atomic E-state index is 10.8. The van der Waals surface area contributed by atoms with Crippen molar-refractivity contribution in [3.8, 4) is 0 Å². The minimum absolute atomic E-state index is 0.201. The molecule has 1 aliphatic rings. The van der Waals surface area contributed by atoms with E-state index in [-0.39, 0.29) is 12.9 Å². The van der Waals surface area contributed by atoms with Crippen LogP contribution in [0.1, 0.15) is 33.1 Å². The van der Waals surface area contributed by atoms with Gasteiger partial charge in [0.1, 0.15) is 0 Å². The van der Waals surface area contributed by atoms with E-state index in [1.54, 1.807) is 13.8 Å². The summed E-state index contributed by atoms with van der Waals surface area (Å²) < 4.78 is 10.7. The summed E-state index contributed by atoms with van der Waals surface area (Å²) in [5.74, 6) is -0.840. The van der Waals surface area contributed by atoms with Crippen molar-refractivity contribution in [3.63, 3.8) is 0 Å². The molecule has 0 aliphatic carbocycles. The molecule has 0 aromatic carbocycles. The van der Waals surface area contributed by atoms with Crippen LogP contribution in [0.15, 0.2) is 0 Å². The highest BCUT2D eigenvalue weighted by atomic mass is 16.7. The van der Waals surface area contributed by atoms with Crippen molar-refractivity contribution in [2.45, 2.75) is 39.4 Å². The van der Waals surface area contributed by atoms with Gasteiger partial charge in [0.25, 0.3) is 0 Å². The van der Waals surface area contributed by atoms with E-state index in [9.17, 15) is 4.79 Å².